The van der Waals surface area contributed by atoms with Gasteiger partial charge >= 0.3 is 0 Å². The van der Waals surface area contributed by atoms with Crippen molar-refractivity contribution in [2.45, 2.75) is 38.3 Å². The highest BCUT2D eigenvalue weighted by Crippen LogP contribution is 2.24. The molecule has 0 aliphatic heterocycles. The number of aromatic nitrogens is 1. The Balaban J connectivity index is 1.56. The minimum absolute atomic E-state index is 0.267. The second-order valence-electron chi connectivity index (χ2n) is 5.21. The van der Waals surface area contributed by atoms with Gasteiger partial charge in [-0.3, -0.25) is 0 Å². The first kappa shape index (κ1) is 12.2. The average Bonchev–Trinajstić information content (AvgIpc) is 2.93. The summed E-state index contributed by atoms with van der Waals surface area (Å²) >= 11 is 0. The smallest absolute Gasteiger partial charge is 0.181 e. The molecule has 4 heteroatoms. The Morgan fingerprint density at radius 3 is 2.95 bits per heavy atom. The van der Waals surface area contributed by atoms with E-state index >= 15 is 0 Å². The molecule has 3 rings (SSSR count). The van der Waals surface area contributed by atoms with Gasteiger partial charge in [-0.1, -0.05) is 6.07 Å². The van der Waals surface area contributed by atoms with Gasteiger partial charge in [0, 0.05) is 18.5 Å². The van der Waals surface area contributed by atoms with Crippen LogP contribution in [0.5, 0.6) is 0 Å². The molecule has 1 heterocycles. The molecule has 1 aliphatic carbocycles. The molecule has 0 unspecified atom stereocenters. The Morgan fingerprint density at radius 2 is 2.16 bits per heavy atom. The fourth-order valence-corrected chi connectivity index (χ4v) is 2.70. The minimum atomic E-state index is 0.267. The van der Waals surface area contributed by atoms with Crippen LogP contribution in [0.15, 0.2) is 29.0 Å². The van der Waals surface area contributed by atoms with Crippen LogP contribution in [-0.2, 0) is 6.54 Å². The fraction of sp³-hybridized carbons (Fsp3) is 0.467. The van der Waals surface area contributed by atoms with Crippen LogP contribution in [0.25, 0.3) is 11.1 Å². The van der Waals surface area contributed by atoms with Crippen molar-refractivity contribution in [3.8, 4) is 6.07 Å². The Morgan fingerprint density at radius 1 is 1.32 bits per heavy atom. The van der Waals surface area contributed by atoms with Crippen molar-refractivity contribution in [2.75, 3.05) is 0 Å². The van der Waals surface area contributed by atoms with E-state index in [0.29, 0.717) is 6.04 Å². The first-order valence-corrected chi connectivity index (χ1v) is 6.80. The predicted molar refractivity (Wildman–Crippen MR) is 72.2 cm³/mol. The van der Waals surface area contributed by atoms with Crippen molar-refractivity contribution < 1.29 is 4.42 Å². The number of fused-ring (bicyclic) bond motifs is 1. The van der Waals surface area contributed by atoms with Crippen LogP contribution in [0.4, 0.5) is 0 Å². The summed E-state index contributed by atoms with van der Waals surface area (Å²) in [5, 5.41) is 12.4. The lowest BCUT2D eigenvalue weighted by Crippen LogP contribution is -2.32. The molecule has 0 atom stereocenters. The van der Waals surface area contributed by atoms with Gasteiger partial charge in [0.15, 0.2) is 12.0 Å². The standard InChI is InChI=1S/C15H17N3O/c16-8-11-1-4-13(5-2-11)17-9-12-3-6-14-15(7-12)19-10-18-14/h3,6-7,10-11,13,17H,1-2,4-5,9H2. The average molecular weight is 255 g/mol. The topological polar surface area (TPSA) is 61.9 Å². The molecule has 1 aliphatic rings. The third-order valence-electron chi connectivity index (χ3n) is 3.90. The zero-order valence-electron chi connectivity index (χ0n) is 10.8. The third kappa shape index (κ3) is 2.77. The van der Waals surface area contributed by atoms with E-state index in [9.17, 15) is 0 Å². The second kappa shape index (κ2) is 5.41. The summed E-state index contributed by atoms with van der Waals surface area (Å²) < 4.78 is 5.30. The molecule has 4 nitrogen and oxygen atoms in total. The van der Waals surface area contributed by atoms with Gasteiger partial charge in [-0.2, -0.15) is 5.26 Å². The number of nitrogens with zero attached hydrogens (tertiary/aromatic N) is 2. The van der Waals surface area contributed by atoms with Crippen molar-refractivity contribution >= 4 is 11.1 Å². The third-order valence-corrected chi connectivity index (χ3v) is 3.90. The fourth-order valence-electron chi connectivity index (χ4n) is 2.70. The lowest BCUT2D eigenvalue weighted by molar-refractivity contribution is 0.331. The van der Waals surface area contributed by atoms with Gasteiger partial charge in [-0.05, 0) is 43.4 Å². The molecule has 98 valence electrons. The summed E-state index contributed by atoms with van der Waals surface area (Å²) in [6.45, 7) is 0.846. The molecule has 19 heavy (non-hydrogen) atoms. The zero-order chi connectivity index (χ0) is 13.1. The van der Waals surface area contributed by atoms with Crippen LogP contribution in [0.3, 0.4) is 0 Å². The Kier molecular flexibility index (Phi) is 3.47. The molecule has 0 radical (unpaired) electrons. The van der Waals surface area contributed by atoms with Gasteiger partial charge in [-0.15, -0.1) is 0 Å². The molecule has 1 aromatic heterocycles. The van der Waals surface area contributed by atoms with E-state index in [1.165, 1.54) is 12.0 Å². The largest absolute Gasteiger partial charge is 0.443 e. The van der Waals surface area contributed by atoms with E-state index in [-0.39, 0.29) is 5.92 Å². The van der Waals surface area contributed by atoms with E-state index < -0.39 is 0 Å². The lowest BCUT2D eigenvalue weighted by atomic mass is 9.87. The molecule has 2 aromatic rings. The number of rotatable bonds is 3. The van der Waals surface area contributed by atoms with Crippen molar-refractivity contribution in [2.24, 2.45) is 5.92 Å². The summed E-state index contributed by atoms with van der Waals surface area (Å²) in [5.41, 5.74) is 2.96. The highest BCUT2D eigenvalue weighted by molar-refractivity contribution is 5.72. The van der Waals surface area contributed by atoms with E-state index in [4.69, 9.17) is 9.68 Å². The van der Waals surface area contributed by atoms with Crippen molar-refractivity contribution in [3.05, 3.63) is 30.2 Å². The summed E-state index contributed by atoms with van der Waals surface area (Å²) in [6, 6.07) is 9.01. The number of nitrogens with one attached hydrogen (secondary N) is 1. The molecule has 0 amide bonds. The highest BCUT2D eigenvalue weighted by atomic mass is 16.3. The molecule has 1 N–H and O–H groups in total. The molecule has 1 saturated carbocycles. The maximum absolute atomic E-state index is 8.88. The van der Waals surface area contributed by atoms with Crippen LogP contribution < -0.4 is 5.32 Å². The first-order valence-electron chi connectivity index (χ1n) is 6.80. The summed E-state index contributed by atoms with van der Waals surface area (Å²) in [6.07, 6.45) is 5.72. The number of hydrogen-bond donors (Lipinski definition) is 1. The normalized spacial score (nSPS) is 23.3. The van der Waals surface area contributed by atoms with Gasteiger partial charge in [-0.25, -0.2) is 4.98 Å². The lowest BCUT2D eigenvalue weighted by Gasteiger charge is -2.25. The van der Waals surface area contributed by atoms with E-state index in [0.717, 1.165) is 43.3 Å². The van der Waals surface area contributed by atoms with Gasteiger partial charge < -0.3 is 9.73 Å². The number of nitriles is 1. The number of benzene rings is 1. The zero-order valence-corrected chi connectivity index (χ0v) is 10.8. The van der Waals surface area contributed by atoms with E-state index in [2.05, 4.69) is 22.4 Å². The van der Waals surface area contributed by atoms with Crippen molar-refractivity contribution in [1.29, 1.82) is 5.26 Å². The first-order chi connectivity index (χ1) is 9.35. The maximum atomic E-state index is 8.88. The molecule has 0 saturated heterocycles. The summed E-state index contributed by atoms with van der Waals surface area (Å²) in [5.74, 6) is 0.267. The second-order valence-corrected chi connectivity index (χ2v) is 5.21. The van der Waals surface area contributed by atoms with Crippen LogP contribution >= 0.6 is 0 Å². The molecule has 0 bridgehead atoms. The van der Waals surface area contributed by atoms with Gasteiger partial charge in [0.1, 0.15) is 5.52 Å². The minimum Gasteiger partial charge on any atom is -0.443 e. The van der Waals surface area contributed by atoms with Gasteiger partial charge in [0.25, 0.3) is 0 Å². The van der Waals surface area contributed by atoms with Crippen molar-refractivity contribution in [3.63, 3.8) is 0 Å². The molecule has 1 fully saturated rings. The Hall–Kier alpha value is -1.86. The van der Waals surface area contributed by atoms with Crippen LogP contribution in [0.2, 0.25) is 0 Å². The quantitative estimate of drug-likeness (QED) is 0.915. The van der Waals surface area contributed by atoms with Crippen LogP contribution in [0.1, 0.15) is 31.2 Å². The number of oxazole rings is 1. The highest BCUT2D eigenvalue weighted by Gasteiger charge is 2.20. The predicted octanol–water partition coefficient (Wildman–Crippen LogP) is 3.00. The Labute approximate surface area is 112 Å². The molecule has 1 aromatic carbocycles. The summed E-state index contributed by atoms with van der Waals surface area (Å²) in [4.78, 5) is 4.11. The van der Waals surface area contributed by atoms with Crippen LogP contribution in [0, 0.1) is 17.2 Å². The number of hydrogen-bond acceptors (Lipinski definition) is 4. The van der Waals surface area contributed by atoms with Crippen LogP contribution in [-0.4, -0.2) is 11.0 Å². The van der Waals surface area contributed by atoms with Crippen molar-refractivity contribution in [1.82, 2.24) is 10.3 Å². The van der Waals surface area contributed by atoms with Gasteiger partial charge in [0.2, 0.25) is 0 Å². The van der Waals surface area contributed by atoms with Gasteiger partial charge in [0.05, 0.1) is 6.07 Å². The molecule has 0 spiro atoms. The SMILES string of the molecule is N#CC1CCC(NCc2ccc3ncoc3c2)CC1. The molecular formula is C15H17N3O. The van der Waals surface area contributed by atoms with E-state index in [1.807, 2.05) is 12.1 Å². The maximum Gasteiger partial charge on any atom is 0.181 e. The Bertz CT molecular complexity index is 591. The molecular weight excluding hydrogens is 238 g/mol. The monoisotopic (exact) mass is 255 g/mol. The van der Waals surface area contributed by atoms with E-state index in [1.54, 1.807) is 0 Å². The summed E-state index contributed by atoms with van der Waals surface area (Å²) in [7, 11) is 0.